The number of benzene rings is 3. The largest absolute Gasteiger partial charge is 0.423 e. The molecule has 0 aliphatic heterocycles. The van der Waals surface area contributed by atoms with Crippen LogP contribution in [0.4, 0.5) is 0 Å². The fourth-order valence-electron chi connectivity index (χ4n) is 2.75. The number of rotatable bonds is 3. The number of esters is 1. The Morgan fingerprint density at radius 1 is 1.00 bits per heavy atom. The monoisotopic (exact) mass is 380 g/mol. The third kappa shape index (κ3) is 3.57. The van der Waals surface area contributed by atoms with Crippen molar-refractivity contribution in [3.63, 3.8) is 0 Å². The summed E-state index contributed by atoms with van der Waals surface area (Å²) >= 11 is 3.44. The first kappa shape index (κ1) is 16.5. The van der Waals surface area contributed by atoms with Gasteiger partial charge in [0, 0.05) is 10.5 Å². The predicted octanol–water partition coefficient (Wildman–Crippen LogP) is 5.84. The van der Waals surface area contributed by atoms with Crippen molar-refractivity contribution in [2.24, 2.45) is 0 Å². The summed E-state index contributed by atoms with van der Waals surface area (Å²) in [5, 5.41) is 2.26. The first-order valence-corrected chi connectivity index (χ1v) is 8.48. The van der Waals surface area contributed by atoms with E-state index in [-0.39, 0.29) is 5.97 Å². The lowest BCUT2D eigenvalue weighted by Crippen LogP contribution is -2.06. The minimum absolute atomic E-state index is 0.378. The second-order valence-corrected chi connectivity index (χ2v) is 6.61. The minimum Gasteiger partial charge on any atom is -0.423 e. The molecule has 0 saturated heterocycles. The van der Waals surface area contributed by atoms with Gasteiger partial charge in [0.25, 0.3) is 0 Å². The summed E-state index contributed by atoms with van der Waals surface area (Å²) in [6, 6.07) is 18.0. The Labute approximate surface area is 149 Å². The van der Waals surface area contributed by atoms with Crippen LogP contribution in [0.5, 0.6) is 5.75 Å². The van der Waals surface area contributed by atoms with Crippen molar-refractivity contribution in [2.75, 3.05) is 0 Å². The van der Waals surface area contributed by atoms with Crippen LogP contribution in [0, 0.1) is 13.8 Å². The average Bonchev–Trinajstić information content (AvgIpc) is 2.56. The quantitative estimate of drug-likeness (QED) is 0.324. The highest BCUT2D eigenvalue weighted by atomic mass is 79.9. The van der Waals surface area contributed by atoms with Crippen molar-refractivity contribution in [1.29, 1.82) is 0 Å². The van der Waals surface area contributed by atoms with Crippen LogP contribution in [0.1, 0.15) is 16.7 Å². The lowest BCUT2D eigenvalue weighted by Gasteiger charge is -2.09. The molecule has 3 heteroatoms. The van der Waals surface area contributed by atoms with E-state index >= 15 is 0 Å². The Morgan fingerprint density at radius 2 is 1.67 bits per heavy atom. The zero-order valence-electron chi connectivity index (χ0n) is 13.5. The fourth-order valence-corrected chi connectivity index (χ4v) is 3.43. The molecule has 0 saturated carbocycles. The summed E-state index contributed by atoms with van der Waals surface area (Å²) in [4.78, 5) is 12.2. The lowest BCUT2D eigenvalue weighted by atomic mass is 10.0. The number of carbonyl (C=O) groups is 1. The molecule has 0 N–H and O–H groups in total. The van der Waals surface area contributed by atoms with Crippen LogP contribution in [0.3, 0.4) is 0 Å². The predicted molar refractivity (Wildman–Crippen MR) is 102 cm³/mol. The van der Waals surface area contributed by atoms with Crippen LogP contribution < -0.4 is 4.74 Å². The topological polar surface area (TPSA) is 26.3 Å². The molecular weight excluding hydrogens is 364 g/mol. The molecule has 3 aromatic rings. The Bertz CT molecular complexity index is 913. The molecule has 2 nitrogen and oxygen atoms in total. The number of hydrogen-bond donors (Lipinski definition) is 0. The van der Waals surface area contributed by atoms with Gasteiger partial charge in [-0.05, 0) is 59.5 Å². The number of hydrogen-bond acceptors (Lipinski definition) is 2. The van der Waals surface area contributed by atoms with Gasteiger partial charge in [0.15, 0.2) is 0 Å². The molecule has 0 aromatic heterocycles. The maximum absolute atomic E-state index is 12.2. The maximum atomic E-state index is 12.2. The van der Waals surface area contributed by atoms with Gasteiger partial charge in [0.05, 0.1) is 0 Å². The Balaban J connectivity index is 1.83. The van der Waals surface area contributed by atoms with E-state index in [9.17, 15) is 4.79 Å². The highest BCUT2D eigenvalue weighted by Gasteiger charge is 2.09. The van der Waals surface area contributed by atoms with Crippen molar-refractivity contribution in [3.05, 3.63) is 81.8 Å². The molecule has 3 rings (SSSR count). The van der Waals surface area contributed by atoms with E-state index in [1.54, 1.807) is 6.08 Å². The van der Waals surface area contributed by atoms with Gasteiger partial charge in [-0.15, -0.1) is 0 Å². The fraction of sp³-hybridized carbons (Fsp3) is 0.0952. The first-order valence-electron chi connectivity index (χ1n) is 7.69. The van der Waals surface area contributed by atoms with E-state index in [0.717, 1.165) is 31.9 Å². The van der Waals surface area contributed by atoms with Gasteiger partial charge in [-0.2, -0.15) is 0 Å². The van der Waals surface area contributed by atoms with Crippen LogP contribution in [0.15, 0.2) is 65.1 Å². The molecule has 0 aliphatic rings. The average molecular weight is 381 g/mol. The molecule has 0 radical (unpaired) electrons. The van der Waals surface area contributed by atoms with E-state index in [1.807, 2.05) is 56.3 Å². The Kier molecular flexibility index (Phi) is 4.81. The molecule has 0 spiro atoms. The summed E-state index contributed by atoms with van der Waals surface area (Å²) in [6.45, 7) is 3.85. The molecule has 120 valence electrons. The van der Waals surface area contributed by atoms with E-state index in [1.165, 1.54) is 6.08 Å². The smallest absolute Gasteiger partial charge is 0.336 e. The molecular formula is C21H17BrO2. The zero-order valence-corrected chi connectivity index (χ0v) is 15.1. The highest BCUT2D eigenvalue weighted by Crippen LogP contribution is 2.27. The molecule has 0 amide bonds. The third-order valence-electron chi connectivity index (χ3n) is 3.85. The van der Waals surface area contributed by atoms with Gasteiger partial charge in [-0.3, -0.25) is 0 Å². The second-order valence-electron chi connectivity index (χ2n) is 5.69. The molecule has 0 atom stereocenters. The van der Waals surface area contributed by atoms with Crippen LogP contribution in [-0.4, -0.2) is 5.97 Å². The lowest BCUT2D eigenvalue weighted by molar-refractivity contribution is -0.129. The van der Waals surface area contributed by atoms with Crippen LogP contribution in [0.2, 0.25) is 0 Å². The van der Waals surface area contributed by atoms with Crippen LogP contribution in [0.25, 0.3) is 16.8 Å². The summed E-state index contributed by atoms with van der Waals surface area (Å²) in [6.07, 6.45) is 3.27. The Hall–Kier alpha value is -2.39. The number of halogens is 1. The van der Waals surface area contributed by atoms with Gasteiger partial charge in [0.2, 0.25) is 0 Å². The zero-order chi connectivity index (χ0) is 17.1. The van der Waals surface area contributed by atoms with E-state index in [0.29, 0.717) is 5.75 Å². The minimum atomic E-state index is -0.378. The van der Waals surface area contributed by atoms with Crippen LogP contribution >= 0.6 is 15.9 Å². The second kappa shape index (κ2) is 7.02. The Morgan fingerprint density at radius 3 is 2.42 bits per heavy atom. The van der Waals surface area contributed by atoms with Crippen molar-refractivity contribution in [3.8, 4) is 5.75 Å². The summed E-state index contributed by atoms with van der Waals surface area (Å²) in [5.74, 6) is 0.238. The highest BCUT2D eigenvalue weighted by molar-refractivity contribution is 9.10. The van der Waals surface area contributed by atoms with Gasteiger partial charge >= 0.3 is 5.97 Å². The van der Waals surface area contributed by atoms with Gasteiger partial charge < -0.3 is 4.74 Å². The van der Waals surface area contributed by atoms with Gasteiger partial charge in [0.1, 0.15) is 5.75 Å². The van der Waals surface area contributed by atoms with Gasteiger partial charge in [-0.25, -0.2) is 4.79 Å². The first-order chi connectivity index (χ1) is 11.5. The normalized spacial score (nSPS) is 11.1. The van der Waals surface area contributed by atoms with E-state index < -0.39 is 0 Å². The summed E-state index contributed by atoms with van der Waals surface area (Å²) in [7, 11) is 0. The standard InChI is InChI=1S/C21H17BrO2/c1-14-12-18(22)13-15(2)21(14)24-20(23)11-10-17-8-5-7-16-6-3-4-9-19(16)17/h3-13H,1-2H3. The van der Waals surface area contributed by atoms with Gasteiger partial charge in [-0.1, -0.05) is 58.4 Å². The van der Waals surface area contributed by atoms with E-state index in [4.69, 9.17) is 4.74 Å². The number of aryl methyl sites for hydroxylation is 2. The number of carbonyl (C=O) groups excluding carboxylic acids is 1. The molecule has 0 bridgehead atoms. The molecule has 0 aliphatic carbocycles. The van der Waals surface area contributed by atoms with Crippen LogP contribution in [-0.2, 0) is 4.79 Å². The van der Waals surface area contributed by atoms with Crippen molar-refractivity contribution in [1.82, 2.24) is 0 Å². The number of fused-ring (bicyclic) bond motifs is 1. The van der Waals surface area contributed by atoms with Crippen molar-refractivity contribution in [2.45, 2.75) is 13.8 Å². The third-order valence-corrected chi connectivity index (χ3v) is 4.31. The molecule has 24 heavy (non-hydrogen) atoms. The molecule has 3 aromatic carbocycles. The number of ether oxygens (including phenoxy) is 1. The van der Waals surface area contributed by atoms with Crippen molar-refractivity contribution < 1.29 is 9.53 Å². The van der Waals surface area contributed by atoms with Crippen molar-refractivity contribution >= 4 is 38.7 Å². The molecule has 0 unspecified atom stereocenters. The molecule has 0 fully saturated rings. The molecule has 0 heterocycles. The SMILES string of the molecule is Cc1cc(Br)cc(C)c1OC(=O)C=Cc1cccc2ccccc12. The van der Waals surface area contributed by atoms with E-state index in [2.05, 4.69) is 28.1 Å². The summed E-state index contributed by atoms with van der Waals surface area (Å²) < 4.78 is 6.49. The summed E-state index contributed by atoms with van der Waals surface area (Å²) in [5.41, 5.74) is 2.84. The maximum Gasteiger partial charge on any atom is 0.336 e.